The van der Waals surface area contributed by atoms with Gasteiger partial charge in [-0.2, -0.15) is 0 Å². The number of halogens is 1. The number of amides is 1. The highest BCUT2D eigenvalue weighted by Crippen LogP contribution is 2.40. The van der Waals surface area contributed by atoms with E-state index in [1.54, 1.807) is 18.2 Å². The molecular weight excluding hydrogens is 560 g/mol. The zero-order chi connectivity index (χ0) is 27.9. The molecule has 40 heavy (non-hydrogen) atoms. The lowest BCUT2D eigenvalue weighted by atomic mass is 10.0. The minimum atomic E-state index is -4.09. The molecule has 3 heterocycles. The van der Waals surface area contributed by atoms with Crippen molar-refractivity contribution in [3.63, 3.8) is 0 Å². The SMILES string of the molecule is CCCCCCCO[C@@H]1[C@H]2OC(C)(C)O[C@H]2O[C@@H]1C(CN1CCCCC1)OC(=O)NS(=O)(=O)c1ccccc1.Cl. The zero-order valence-electron chi connectivity index (χ0n) is 23.8. The number of sulfonamides is 1. The van der Waals surface area contributed by atoms with E-state index in [0.29, 0.717) is 13.2 Å². The summed E-state index contributed by atoms with van der Waals surface area (Å²) < 4.78 is 58.2. The Morgan fingerprint density at radius 3 is 2.48 bits per heavy atom. The molecule has 12 heteroatoms. The van der Waals surface area contributed by atoms with Crippen LogP contribution in [0, 0.1) is 0 Å². The van der Waals surface area contributed by atoms with Crippen LogP contribution in [0.15, 0.2) is 35.2 Å². The average Bonchev–Trinajstić information content (AvgIpc) is 3.38. The van der Waals surface area contributed by atoms with Gasteiger partial charge in [0.05, 0.1) is 4.90 Å². The molecule has 0 bridgehead atoms. The number of carbonyl (C=O) groups excluding carboxylic acids is 1. The van der Waals surface area contributed by atoms with Gasteiger partial charge >= 0.3 is 6.09 Å². The van der Waals surface area contributed by atoms with E-state index in [0.717, 1.165) is 51.6 Å². The first-order valence-corrected chi connectivity index (χ1v) is 15.8. The largest absolute Gasteiger partial charge is 0.441 e. The van der Waals surface area contributed by atoms with Gasteiger partial charge in [0.1, 0.15) is 24.4 Å². The number of hydrogen-bond acceptors (Lipinski definition) is 9. The molecule has 3 aliphatic heterocycles. The molecule has 0 saturated carbocycles. The smallest absolute Gasteiger partial charge is 0.421 e. The van der Waals surface area contributed by atoms with Crippen molar-refractivity contribution in [1.82, 2.24) is 9.62 Å². The van der Waals surface area contributed by atoms with Crippen molar-refractivity contribution in [2.75, 3.05) is 26.2 Å². The molecular formula is C28H45ClN2O8S. The van der Waals surface area contributed by atoms with Crippen LogP contribution in [0.5, 0.6) is 0 Å². The van der Waals surface area contributed by atoms with Gasteiger partial charge in [0, 0.05) is 13.2 Å². The van der Waals surface area contributed by atoms with E-state index in [1.165, 1.54) is 25.0 Å². The van der Waals surface area contributed by atoms with Gasteiger partial charge in [0.2, 0.25) is 0 Å². The van der Waals surface area contributed by atoms with Crippen molar-refractivity contribution in [3.05, 3.63) is 30.3 Å². The Bertz CT molecular complexity index is 1020. The molecule has 3 saturated heterocycles. The maximum absolute atomic E-state index is 13.0. The molecule has 0 aliphatic carbocycles. The van der Waals surface area contributed by atoms with E-state index >= 15 is 0 Å². The number of ether oxygens (including phenoxy) is 5. The van der Waals surface area contributed by atoms with Gasteiger partial charge in [0.25, 0.3) is 10.0 Å². The normalized spacial score (nSPS) is 27.0. The second-order valence-corrected chi connectivity index (χ2v) is 12.7. The second kappa shape index (κ2) is 15.1. The van der Waals surface area contributed by atoms with Crippen molar-refractivity contribution in [2.24, 2.45) is 0 Å². The van der Waals surface area contributed by atoms with Crippen molar-refractivity contribution >= 4 is 28.5 Å². The first-order chi connectivity index (χ1) is 18.7. The van der Waals surface area contributed by atoms with E-state index in [-0.39, 0.29) is 17.3 Å². The lowest BCUT2D eigenvalue weighted by Crippen LogP contribution is -2.51. The Morgan fingerprint density at radius 2 is 1.77 bits per heavy atom. The Kier molecular flexibility index (Phi) is 12.5. The van der Waals surface area contributed by atoms with Gasteiger partial charge in [-0.15, -0.1) is 12.4 Å². The molecule has 3 fully saturated rings. The summed E-state index contributed by atoms with van der Waals surface area (Å²) in [7, 11) is -4.09. The number of rotatable bonds is 13. The van der Waals surface area contributed by atoms with Crippen LogP contribution in [0.25, 0.3) is 0 Å². The second-order valence-electron chi connectivity index (χ2n) is 11.0. The molecule has 1 unspecified atom stereocenters. The highest BCUT2D eigenvalue weighted by atomic mass is 35.5. The highest BCUT2D eigenvalue weighted by Gasteiger charge is 2.58. The number of nitrogens with zero attached hydrogens (tertiary/aromatic N) is 1. The lowest BCUT2D eigenvalue weighted by molar-refractivity contribution is -0.230. The summed E-state index contributed by atoms with van der Waals surface area (Å²) in [5, 5.41) is 0. The molecule has 1 amide bonds. The van der Waals surface area contributed by atoms with Gasteiger partial charge in [-0.05, 0) is 58.3 Å². The number of hydrogen-bond donors (Lipinski definition) is 1. The van der Waals surface area contributed by atoms with Crippen LogP contribution < -0.4 is 4.72 Å². The fourth-order valence-electron chi connectivity index (χ4n) is 5.45. The molecule has 1 aromatic carbocycles. The number of carbonyl (C=O) groups is 1. The van der Waals surface area contributed by atoms with E-state index in [9.17, 15) is 13.2 Å². The summed E-state index contributed by atoms with van der Waals surface area (Å²) in [6.45, 7) is 8.48. The summed E-state index contributed by atoms with van der Waals surface area (Å²) in [6, 6.07) is 7.73. The fraction of sp³-hybridized carbons (Fsp3) is 0.750. The van der Waals surface area contributed by atoms with Crippen LogP contribution in [0.2, 0.25) is 0 Å². The Morgan fingerprint density at radius 1 is 1.07 bits per heavy atom. The Labute approximate surface area is 244 Å². The van der Waals surface area contributed by atoms with E-state index in [1.807, 2.05) is 18.6 Å². The highest BCUT2D eigenvalue weighted by molar-refractivity contribution is 7.90. The predicted octanol–water partition coefficient (Wildman–Crippen LogP) is 4.61. The van der Waals surface area contributed by atoms with Gasteiger partial charge in [-0.25, -0.2) is 17.9 Å². The monoisotopic (exact) mass is 604 g/mol. The molecule has 1 aromatic rings. The van der Waals surface area contributed by atoms with Crippen LogP contribution in [0.4, 0.5) is 4.79 Å². The maximum atomic E-state index is 13.0. The van der Waals surface area contributed by atoms with Crippen LogP contribution in [0.1, 0.15) is 72.1 Å². The Balaban J connectivity index is 0.00000441. The van der Waals surface area contributed by atoms with E-state index in [4.69, 9.17) is 23.7 Å². The maximum Gasteiger partial charge on any atom is 0.421 e. The molecule has 0 spiro atoms. The van der Waals surface area contributed by atoms with Crippen LogP contribution in [0.3, 0.4) is 0 Å². The minimum Gasteiger partial charge on any atom is -0.441 e. The first-order valence-electron chi connectivity index (χ1n) is 14.3. The number of benzene rings is 1. The first kappa shape index (κ1) is 33.0. The topological polar surface area (TPSA) is 113 Å². The summed E-state index contributed by atoms with van der Waals surface area (Å²) in [5.41, 5.74) is 0. The van der Waals surface area contributed by atoms with Crippen LogP contribution in [-0.4, -0.2) is 82.1 Å². The number of fused-ring (bicyclic) bond motifs is 1. The standard InChI is InChI=1S/C28H44N2O8S.ClH/c1-4-5-6-7-14-19-34-24-23(36-26-25(24)37-28(2,3)38-26)22(20-30-17-12-9-13-18-30)35-27(31)29-39(32,33)21-15-10-8-11-16-21;/h8,10-11,15-16,22-26H,4-7,9,12-14,17-20H2,1-3H3,(H,29,31);1H/t22?,23-,24+,25-,26-;/m1./s1. The molecule has 4 rings (SSSR count). The summed E-state index contributed by atoms with van der Waals surface area (Å²) >= 11 is 0. The third-order valence-corrected chi connectivity index (χ3v) is 8.70. The summed E-state index contributed by atoms with van der Waals surface area (Å²) in [5.74, 6) is -0.826. The molecule has 5 atom stereocenters. The molecule has 10 nitrogen and oxygen atoms in total. The van der Waals surface area contributed by atoms with Gasteiger partial charge in [-0.1, -0.05) is 57.2 Å². The average molecular weight is 605 g/mol. The van der Waals surface area contributed by atoms with Crippen molar-refractivity contribution < 1.29 is 36.9 Å². The lowest BCUT2D eigenvalue weighted by Gasteiger charge is -2.35. The number of likely N-dealkylation sites (tertiary alicyclic amines) is 1. The van der Waals surface area contributed by atoms with Crippen molar-refractivity contribution in [1.29, 1.82) is 0 Å². The van der Waals surface area contributed by atoms with E-state index in [2.05, 4.69) is 11.8 Å². The van der Waals surface area contributed by atoms with Gasteiger partial charge in [-0.3, -0.25) is 4.90 Å². The van der Waals surface area contributed by atoms with E-state index < -0.39 is 52.6 Å². The van der Waals surface area contributed by atoms with Gasteiger partial charge in [0.15, 0.2) is 12.1 Å². The predicted molar refractivity (Wildman–Crippen MR) is 152 cm³/mol. The number of nitrogens with one attached hydrogen (secondary N) is 1. The molecule has 228 valence electrons. The minimum absolute atomic E-state index is 0. The summed E-state index contributed by atoms with van der Waals surface area (Å²) in [6.07, 6.45) is 4.53. The fourth-order valence-corrected chi connectivity index (χ4v) is 6.35. The number of unbranched alkanes of at least 4 members (excludes halogenated alkanes) is 4. The molecule has 0 radical (unpaired) electrons. The van der Waals surface area contributed by atoms with Crippen LogP contribution >= 0.6 is 12.4 Å². The Hall–Kier alpha value is -1.47. The third-order valence-electron chi connectivity index (χ3n) is 7.37. The quantitative estimate of drug-likeness (QED) is 0.323. The molecule has 0 aromatic heterocycles. The van der Waals surface area contributed by atoms with Crippen molar-refractivity contribution in [3.8, 4) is 0 Å². The zero-order valence-corrected chi connectivity index (χ0v) is 25.4. The third kappa shape index (κ3) is 9.01. The molecule has 1 N–H and O–H groups in total. The van der Waals surface area contributed by atoms with Gasteiger partial charge < -0.3 is 23.7 Å². The summed E-state index contributed by atoms with van der Waals surface area (Å²) in [4.78, 5) is 15.2. The number of piperidine rings is 1. The molecule has 3 aliphatic rings. The van der Waals surface area contributed by atoms with Crippen molar-refractivity contribution in [2.45, 2.75) is 114 Å². The van der Waals surface area contributed by atoms with Crippen LogP contribution in [-0.2, 0) is 33.7 Å².